The minimum Gasteiger partial charge on any atom is -0.398 e. The van der Waals surface area contributed by atoms with Gasteiger partial charge >= 0.3 is 0 Å². The number of rotatable bonds is 6. The number of Topliss-reactive ketones (excluding diaryl/α,β-unsaturated/α-hetero) is 1. The number of carbonyl (C=O) groups is 1. The lowest BCUT2D eigenvalue weighted by atomic mass is 9.93. The fourth-order valence-electron chi connectivity index (χ4n) is 3.93. The number of nitrogens with one attached hydrogen (secondary N) is 1. The summed E-state index contributed by atoms with van der Waals surface area (Å²) in [5.74, 6) is -1.28. The number of hydrazone groups is 1. The minimum absolute atomic E-state index is 0.334. The van der Waals surface area contributed by atoms with Crippen molar-refractivity contribution in [3.8, 4) is 0 Å². The summed E-state index contributed by atoms with van der Waals surface area (Å²) >= 11 is 0. The van der Waals surface area contributed by atoms with Crippen molar-refractivity contribution in [3.05, 3.63) is 58.5 Å². The van der Waals surface area contributed by atoms with Gasteiger partial charge in [0, 0.05) is 16.5 Å². The van der Waals surface area contributed by atoms with Gasteiger partial charge in [0.1, 0.15) is 14.7 Å². The predicted octanol–water partition coefficient (Wildman–Crippen LogP) is 1.06. The molecular formula is C20H15N3O13S4. The van der Waals surface area contributed by atoms with Crippen LogP contribution in [0.25, 0.3) is 16.8 Å². The third kappa shape index (κ3) is 5.33. The van der Waals surface area contributed by atoms with Crippen molar-refractivity contribution < 1.29 is 56.7 Å². The van der Waals surface area contributed by atoms with Crippen LogP contribution in [0.3, 0.4) is 0 Å². The molecule has 0 heterocycles. The van der Waals surface area contributed by atoms with E-state index in [4.69, 9.17) is 5.73 Å². The van der Waals surface area contributed by atoms with E-state index in [9.17, 15) is 56.7 Å². The summed E-state index contributed by atoms with van der Waals surface area (Å²) in [6.07, 6.45) is 0.625. The molecule has 1 aliphatic rings. The number of fused-ring (bicyclic) bond motifs is 2. The van der Waals surface area contributed by atoms with Gasteiger partial charge in [0.05, 0.1) is 16.1 Å². The van der Waals surface area contributed by atoms with Gasteiger partial charge in [-0.3, -0.25) is 28.4 Å². The number of nitrogens with zero attached hydrogens (tertiary/aromatic N) is 1. The number of nitrogen functional groups attached to an aromatic ring is 1. The van der Waals surface area contributed by atoms with Gasteiger partial charge in [0.25, 0.3) is 40.5 Å². The van der Waals surface area contributed by atoms with Crippen molar-refractivity contribution in [2.75, 3.05) is 11.2 Å². The summed E-state index contributed by atoms with van der Waals surface area (Å²) in [6.45, 7) is 0. The van der Waals surface area contributed by atoms with Crippen LogP contribution in [0.15, 0.2) is 67.2 Å². The van der Waals surface area contributed by atoms with Crippen molar-refractivity contribution in [1.29, 1.82) is 0 Å². The zero-order valence-corrected chi connectivity index (χ0v) is 22.5. The molecule has 0 atom stereocenters. The second-order valence-electron chi connectivity index (χ2n) is 8.08. The molecule has 4 rings (SSSR count). The van der Waals surface area contributed by atoms with Crippen molar-refractivity contribution >= 4 is 80.2 Å². The molecule has 0 bridgehead atoms. The SMILES string of the molecule is Nc1cc(S(=O)(=O)O)cc2c1C(=O)/C(=N/Nc1ccc3c(S(=O)(=O)O)cccc3c1S(=O)(=O)O)C(S(=O)(=O)O)=C2. The van der Waals surface area contributed by atoms with E-state index >= 15 is 0 Å². The molecule has 0 aromatic heterocycles. The molecular weight excluding hydrogens is 618 g/mol. The maximum absolute atomic E-state index is 13.2. The summed E-state index contributed by atoms with van der Waals surface area (Å²) in [6, 6.07) is 6.40. The fourth-order valence-corrected chi connectivity index (χ4v) is 6.70. The molecule has 0 unspecified atom stereocenters. The number of hydrogen-bond acceptors (Lipinski definition) is 12. The van der Waals surface area contributed by atoms with Crippen LogP contribution in [-0.2, 0) is 40.5 Å². The average Bonchev–Trinajstić information content (AvgIpc) is 2.79. The van der Waals surface area contributed by atoms with Crippen LogP contribution in [0.1, 0.15) is 15.9 Å². The second kappa shape index (κ2) is 9.42. The first-order chi connectivity index (χ1) is 18.2. The van der Waals surface area contributed by atoms with Crippen LogP contribution >= 0.6 is 0 Å². The van der Waals surface area contributed by atoms with Gasteiger partial charge in [0.15, 0.2) is 5.71 Å². The van der Waals surface area contributed by atoms with Gasteiger partial charge < -0.3 is 5.73 Å². The molecule has 3 aromatic rings. The Morgan fingerprint density at radius 3 is 1.95 bits per heavy atom. The van der Waals surface area contributed by atoms with Crippen LogP contribution in [0.2, 0.25) is 0 Å². The van der Waals surface area contributed by atoms with Crippen LogP contribution in [0, 0.1) is 0 Å². The quantitative estimate of drug-likeness (QED) is 0.126. The van der Waals surface area contributed by atoms with E-state index in [0.29, 0.717) is 18.2 Å². The lowest BCUT2D eigenvalue weighted by Crippen LogP contribution is -2.28. The van der Waals surface area contributed by atoms with Crippen molar-refractivity contribution in [2.45, 2.75) is 14.7 Å². The molecule has 0 spiro atoms. The lowest BCUT2D eigenvalue weighted by molar-refractivity contribution is 0.106. The first-order valence-electron chi connectivity index (χ1n) is 10.2. The summed E-state index contributed by atoms with van der Waals surface area (Å²) in [4.78, 5) is 9.54. The highest BCUT2D eigenvalue weighted by Gasteiger charge is 2.35. The number of allylic oxidation sites excluding steroid dienone is 1. The Hall–Kier alpha value is -3.76. The summed E-state index contributed by atoms with van der Waals surface area (Å²) < 4.78 is 133. The number of nitrogens with two attached hydrogens (primary N) is 1. The van der Waals surface area contributed by atoms with E-state index in [1.807, 2.05) is 0 Å². The van der Waals surface area contributed by atoms with Crippen LogP contribution in [0.5, 0.6) is 0 Å². The molecule has 1 aliphatic carbocycles. The number of ketones is 1. The number of benzene rings is 3. The Labute approximate surface area is 225 Å². The summed E-state index contributed by atoms with van der Waals surface area (Å²) in [5.41, 5.74) is 4.75. The number of anilines is 2. The van der Waals surface area contributed by atoms with Crippen molar-refractivity contribution in [2.24, 2.45) is 5.10 Å². The monoisotopic (exact) mass is 633 g/mol. The Bertz CT molecular complexity index is 2150. The van der Waals surface area contributed by atoms with E-state index in [0.717, 1.165) is 30.3 Å². The van der Waals surface area contributed by atoms with E-state index in [2.05, 4.69) is 10.5 Å². The molecule has 3 aromatic carbocycles. The molecule has 0 fully saturated rings. The second-order valence-corrected chi connectivity index (χ2v) is 13.6. The van der Waals surface area contributed by atoms with Crippen LogP contribution < -0.4 is 11.2 Å². The van der Waals surface area contributed by atoms with Gasteiger partial charge in [0.2, 0.25) is 5.78 Å². The Morgan fingerprint density at radius 1 is 0.750 bits per heavy atom. The highest BCUT2D eigenvalue weighted by molar-refractivity contribution is 7.91. The van der Waals surface area contributed by atoms with Crippen molar-refractivity contribution in [1.82, 2.24) is 0 Å². The largest absolute Gasteiger partial charge is 0.398 e. The number of hydrogen-bond donors (Lipinski definition) is 6. The zero-order chi connectivity index (χ0) is 30.0. The van der Waals surface area contributed by atoms with Crippen LogP contribution in [0.4, 0.5) is 11.4 Å². The molecule has 0 aliphatic heterocycles. The fraction of sp³-hybridized carbons (Fsp3) is 0. The Balaban J connectivity index is 1.96. The number of carbonyl (C=O) groups excluding carboxylic acids is 1. The molecule has 20 heteroatoms. The standard InChI is InChI=1S/C20H15N3O13S4/c21-13-8-10(37(25,26)27)6-9-7-16(39(31,32)33)18(19(24)17(9)13)23-22-14-5-4-11-12(20(14)40(34,35)36)2-1-3-15(11)38(28,29)30/h1-8,22H,21H2,(H,25,26,27)(H,28,29,30)(H,31,32,33)(H,34,35,36)/b23-18+. The summed E-state index contributed by atoms with van der Waals surface area (Å²) in [5, 5.41) is 2.83. The Kier molecular flexibility index (Phi) is 6.88. The van der Waals surface area contributed by atoms with E-state index in [1.165, 1.54) is 0 Å². The molecule has 0 amide bonds. The molecule has 16 nitrogen and oxygen atoms in total. The first-order valence-corrected chi connectivity index (χ1v) is 16.0. The van der Waals surface area contributed by atoms with E-state index in [-0.39, 0.29) is 5.39 Å². The third-order valence-corrected chi connectivity index (χ3v) is 9.07. The molecule has 0 radical (unpaired) electrons. The van der Waals surface area contributed by atoms with E-state index < -0.39 is 99.4 Å². The highest BCUT2D eigenvalue weighted by Crippen LogP contribution is 2.35. The van der Waals surface area contributed by atoms with Gasteiger partial charge in [-0.2, -0.15) is 38.8 Å². The maximum Gasteiger partial charge on any atom is 0.297 e. The maximum atomic E-state index is 13.2. The molecule has 40 heavy (non-hydrogen) atoms. The molecule has 212 valence electrons. The van der Waals surface area contributed by atoms with Gasteiger partial charge in [-0.15, -0.1) is 0 Å². The van der Waals surface area contributed by atoms with Gasteiger partial charge in [-0.1, -0.05) is 18.2 Å². The molecule has 0 saturated carbocycles. The van der Waals surface area contributed by atoms with E-state index in [1.54, 1.807) is 0 Å². The minimum atomic E-state index is -5.26. The first kappa shape index (κ1) is 29.2. The van der Waals surface area contributed by atoms with Crippen LogP contribution in [-0.4, -0.2) is 63.4 Å². The van der Waals surface area contributed by atoms with Gasteiger partial charge in [-0.05, 0) is 35.9 Å². The average molecular weight is 634 g/mol. The summed E-state index contributed by atoms with van der Waals surface area (Å²) in [7, 11) is -20.1. The normalized spacial score (nSPS) is 15.7. The third-order valence-electron chi connectivity index (χ3n) is 5.51. The smallest absolute Gasteiger partial charge is 0.297 e. The molecule has 7 N–H and O–H groups in total. The highest BCUT2D eigenvalue weighted by atomic mass is 32.2. The van der Waals surface area contributed by atoms with Gasteiger partial charge in [-0.25, -0.2) is 0 Å². The van der Waals surface area contributed by atoms with Crippen molar-refractivity contribution in [3.63, 3.8) is 0 Å². The lowest BCUT2D eigenvalue weighted by Gasteiger charge is -2.19. The molecule has 0 saturated heterocycles. The zero-order valence-electron chi connectivity index (χ0n) is 19.2. The predicted molar refractivity (Wildman–Crippen MR) is 139 cm³/mol. The Morgan fingerprint density at radius 2 is 1.40 bits per heavy atom. The topological polar surface area (TPSA) is 285 Å².